The van der Waals surface area contributed by atoms with Gasteiger partial charge in [0.15, 0.2) is 5.96 Å². The number of hydrogen-bond acceptors (Lipinski definition) is 2. The molecule has 1 saturated heterocycles. The van der Waals surface area contributed by atoms with Gasteiger partial charge in [-0.3, -0.25) is 0 Å². The number of benzene rings is 1. The zero-order valence-electron chi connectivity index (χ0n) is 15.4. The molecule has 2 heterocycles. The number of imidazole rings is 1. The molecule has 3 rings (SSSR count). The fourth-order valence-electron chi connectivity index (χ4n) is 3.07. The lowest BCUT2D eigenvalue weighted by Gasteiger charge is -2.33. The van der Waals surface area contributed by atoms with Crippen LogP contribution in [0, 0.1) is 11.7 Å². The molecule has 5 nitrogen and oxygen atoms in total. The summed E-state index contributed by atoms with van der Waals surface area (Å²) >= 11 is 0. The second kappa shape index (κ2) is 9.89. The van der Waals surface area contributed by atoms with Crippen LogP contribution in [0.15, 0.2) is 41.9 Å². The van der Waals surface area contributed by atoms with Crippen molar-refractivity contribution in [2.45, 2.75) is 33.2 Å². The molecule has 0 radical (unpaired) electrons. The molecule has 1 aliphatic heterocycles. The molecule has 0 atom stereocenters. The maximum absolute atomic E-state index is 14.4. The fraction of sp³-hybridized carbons (Fsp3) is 0.474. The van der Waals surface area contributed by atoms with Crippen molar-refractivity contribution in [1.29, 1.82) is 0 Å². The van der Waals surface area contributed by atoms with Crippen LogP contribution in [0.25, 0.3) is 5.69 Å². The van der Waals surface area contributed by atoms with Gasteiger partial charge in [-0.15, -0.1) is 24.0 Å². The van der Waals surface area contributed by atoms with Crippen molar-refractivity contribution in [2.24, 2.45) is 10.9 Å². The number of halogens is 2. The molecule has 1 aromatic heterocycles. The van der Waals surface area contributed by atoms with E-state index in [0.717, 1.165) is 37.1 Å². The summed E-state index contributed by atoms with van der Waals surface area (Å²) in [6, 6.07) is 5.25. The lowest BCUT2D eigenvalue weighted by molar-refractivity contribution is 0.273. The van der Waals surface area contributed by atoms with Crippen molar-refractivity contribution < 1.29 is 4.39 Å². The van der Waals surface area contributed by atoms with Crippen molar-refractivity contribution in [3.05, 3.63) is 48.3 Å². The maximum atomic E-state index is 14.4. The van der Waals surface area contributed by atoms with Crippen LogP contribution in [-0.4, -0.2) is 40.0 Å². The average molecular weight is 471 g/mol. The Labute approximate surface area is 171 Å². The first-order valence-electron chi connectivity index (χ1n) is 8.97. The standard InChI is InChI=1S/C19H26FN5.HI/c1-3-22-19(24-9-6-15(2)7-10-24)23-13-16-4-5-18(17(20)12-16)25-11-8-21-14-25;/h4-5,8,11-12,14-15H,3,6-7,9-10,13H2,1-2H3,(H,22,23);1H. The van der Waals surface area contributed by atoms with Crippen LogP contribution in [0.3, 0.4) is 0 Å². The quantitative estimate of drug-likeness (QED) is 0.419. The third kappa shape index (κ3) is 5.18. The van der Waals surface area contributed by atoms with E-state index in [2.05, 4.69) is 29.0 Å². The number of guanidine groups is 1. The molecule has 26 heavy (non-hydrogen) atoms. The van der Waals surface area contributed by atoms with E-state index >= 15 is 0 Å². The van der Waals surface area contributed by atoms with E-state index < -0.39 is 0 Å². The Hall–Kier alpha value is -1.64. The Bertz CT molecular complexity index is 709. The highest BCUT2D eigenvalue weighted by Crippen LogP contribution is 2.18. The molecule has 2 aromatic rings. The molecule has 0 saturated carbocycles. The molecular weight excluding hydrogens is 444 g/mol. The molecule has 1 aliphatic rings. The van der Waals surface area contributed by atoms with E-state index in [1.54, 1.807) is 35.4 Å². The first-order chi connectivity index (χ1) is 12.2. The maximum Gasteiger partial charge on any atom is 0.194 e. The minimum atomic E-state index is -0.262. The average Bonchev–Trinajstić information content (AvgIpc) is 3.14. The molecule has 7 heteroatoms. The van der Waals surface area contributed by atoms with Gasteiger partial charge in [0.25, 0.3) is 0 Å². The zero-order chi connectivity index (χ0) is 17.6. The summed E-state index contributed by atoms with van der Waals surface area (Å²) < 4.78 is 16.0. The molecule has 142 valence electrons. The predicted molar refractivity (Wildman–Crippen MR) is 114 cm³/mol. The normalized spacial score (nSPS) is 15.7. The van der Waals surface area contributed by atoms with Gasteiger partial charge in [0.05, 0.1) is 18.6 Å². The number of nitrogens with zero attached hydrogens (tertiary/aromatic N) is 4. The van der Waals surface area contributed by atoms with Gasteiger partial charge in [-0.25, -0.2) is 14.4 Å². The number of piperidine rings is 1. The van der Waals surface area contributed by atoms with Gasteiger partial charge in [-0.05, 0) is 43.4 Å². The monoisotopic (exact) mass is 471 g/mol. The minimum Gasteiger partial charge on any atom is -0.357 e. The molecular formula is C19H27FIN5. The van der Waals surface area contributed by atoms with Crippen LogP contribution in [0.4, 0.5) is 4.39 Å². The van der Waals surface area contributed by atoms with Gasteiger partial charge in [-0.1, -0.05) is 13.0 Å². The smallest absolute Gasteiger partial charge is 0.194 e. The van der Waals surface area contributed by atoms with E-state index in [1.165, 1.54) is 12.8 Å². The summed E-state index contributed by atoms with van der Waals surface area (Å²) in [7, 11) is 0. The second-order valence-corrected chi connectivity index (χ2v) is 6.60. The van der Waals surface area contributed by atoms with E-state index in [0.29, 0.717) is 12.2 Å². The van der Waals surface area contributed by atoms with Crippen LogP contribution in [0.2, 0.25) is 0 Å². The fourth-order valence-corrected chi connectivity index (χ4v) is 3.07. The molecule has 0 aliphatic carbocycles. The highest BCUT2D eigenvalue weighted by molar-refractivity contribution is 14.0. The van der Waals surface area contributed by atoms with Crippen molar-refractivity contribution in [3.63, 3.8) is 0 Å². The Morgan fingerprint density at radius 3 is 2.73 bits per heavy atom. The zero-order valence-corrected chi connectivity index (χ0v) is 17.7. The Balaban J connectivity index is 0.00000243. The summed E-state index contributed by atoms with van der Waals surface area (Å²) in [5.74, 6) is 1.44. The van der Waals surface area contributed by atoms with E-state index in [4.69, 9.17) is 4.99 Å². The third-order valence-corrected chi connectivity index (χ3v) is 4.62. The summed E-state index contributed by atoms with van der Waals surface area (Å²) in [5, 5.41) is 3.36. The summed E-state index contributed by atoms with van der Waals surface area (Å²) in [4.78, 5) is 11.0. The van der Waals surface area contributed by atoms with Crippen molar-refractivity contribution >= 4 is 29.9 Å². The molecule has 0 bridgehead atoms. The van der Waals surface area contributed by atoms with Gasteiger partial charge in [-0.2, -0.15) is 0 Å². The van der Waals surface area contributed by atoms with E-state index in [9.17, 15) is 4.39 Å². The second-order valence-electron chi connectivity index (χ2n) is 6.60. The summed E-state index contributed by atoms with van der Waals surface area (Å²) in [6.45, 7) is 7.73. The van der Waals surface area contributed by atoms with Gasteiger partial charge in [0, 0.05) is 32.0 Å². The molecule has 1 aromatic carbocycles. The van der Waals surface area contributed by atoms with Crippen LogP contribution in [0.1, 0.15) is 32.3 Å². The molecule has 0 spiro atoms. The van der Waals surface area contributed by atoms with Crippen molar-refractivity contribution in [2.75, 3.05) is 19.6 Å². The van der Waals surface area contributed by atoms with Crippen LogP contribution >= 0.6 is 24.0 Å². The SMILES string of the molecule is CCNC(=NCc1ccc(-n2ccnc2)c(F)c1)N1CCC(C)CC1.I. The van der Waals surface area contributed by atoms with Crippen LogP contribution < -0.4 is 5.32 Å². The van der Waals surface area contributed by atoms with Crippen molar-refractivity contribution in [3.8, 4) is 5.69 Å². The van der Waals surface area contributed by atoms with Gasteiger partial charge in [0.2, 0.25) is 0 Å². The number of rotatable bonds is 4. The molecule has 1 fully saturated rings. The van der Waals surface area contributed by atoms with Gasteiger partial charge >= 0.3 is 0 Å². The largest absolute Gasteiger partial charge is 0.357 e. The summed E-state index contributed by atoms with van der Waals surface area (Å²) in [6.07, 6.45) is 7.35. The molecule has 0 unspecified atom stereocenters. The Morgan fingerprint density at radius 2 is 2.12 bits per heavy atom. The highest BCUT2D eigenvalue weighted by atomic mass is 127. The number of aliphatic imine (C=N–C) groups is 1. The highest BCUT2D eigenvalue weighted by Gasteiger charge is 2.18. The van der Waals surface area contributed by atoms with Crippen LogP contribution in [-0.2, 0) is 6.54 Å². The first-order valence-corrected chi connectivity index (χ1v) is 8.97. The first kappa shape index (κ1) is 20.7. The lowest BCUT2D eigenvalue weighted by Crippen LogP contribution is -2.45. The van der Waals surface area contributed by atoms with E-state index in [-0.39, 0.29) is 29.8 Å². The topological polar surface area (TPSA) is 45.5 Å². The van der Waals surface area contributed by atoms with Gasteiger partial charge < -0.3 is 14.8 Å². The number of aromatic nitrogens is 2. The van der Waals surface area contributed by atoms with E-state index in [1.807, 2.05) is 6.07 Å². The molecule has 1 N–H and O–H groups in total. The third-order valence-electron chi connectivity index (χ3n) is 4.62. The Morgan fingerprint density at radius 1 is 1.35 bits per heavy atom. The summed E-state index contributed by atoms with van der Waals surface area (Å²) in [5.41, 5.74) is 1.37. The molecule has 0 amide bonds. The number of hydrogen-bond donors (Lipinski definition) is 1. The number of nitrogens with one attached hydrogen (secondary N) is 1. The minimum absolute atomic E-state index is 0. The predicted octanol–water partition coefficient (Wildman–Crippen LogP) is 3.83. The Kier molecular flexibility index (Phi) is 7.86. The number of likely N-dealkylation sites (tertiary alicyclic amines) is 1. The van der Waals surface area contributed by atoms with Crippen LogP contribution in [0.5, 0.6) is 0 Å². The van der Waals surface area contributed by atoms with Crippen molar-refractivity contribution in [1.82, 2.24) is 19.8 Å². The van der Waals surface area contributed by atoms with Gasteiger partial charge in [0.1, 0.15) is 5.82 Å². The lowest BCUT2D eigenvalue weighted by atomic mass is 10.00.